The first-order valence-corrected chi connectivity index (χ1v) is 4.40. The van der Waals surface area contributed by atoms with E-state index in [0.29, 0.717) is 10.4 Å². The van der Waals surface area contributed by atoms with Gasteiger partial charge in [-0.15, -0.1) is 11.3 Å². The number of aliphatic carboxylic acids is 1. The van der Waals surface area contributed by atoms with E-state index in [1.807, 2.05) is 6.07 Å². The van der Waals surface area contributed by atoms with Gasteiger partial charge in [-0.25, -0.2) is 0 Å². The fourth-order valence-electron chi connectivity index (χ4n) is 0.852. The van der Waals surface area contributed by atoms with Crippen LogP contribution < -0.4 is 0 Å². The van der Waals surface area contributed by atoms with Crippen LogP contribution in [-0.4, -0.2) is 16.2 Å². The molecule has 1 unspecified atom stereocenters. The Labute approximate surface area is 78.7 Å². The SMILES string of the molecule is N#Cc1csc(C(O)CC(=O)O)c1. The van der Waals surface area contributed by atoms with Crippen LogP contribution >= 0.6 is 11.3 Å². The van der Waals surface area contributed by atoms with Crippen LogP contribution in [0.1, 0.15) is 23.0 Å². The summed E-state index contributed by atoms with van der Waals surface area (Å²) in [6.07, 6.45) is -1.34. The summed E-state index contributed by atoms with van der Waals surface area (Å²) in [6, 6.07) is 3.41. The molecule has 1 aromatic rings. The topological polar surface area (TPSA) is 81.3 Å². The van der Waals surface area contributed by atoms with Crippen molar-refractivity contribution < 1.29 is 15.0 Å². The number of carbonyl (C=O) groups is 1. The normalized spacial score (nSPS) is 12.0. The lowest BCUT2D eigenvalue weighted by atomic mass is 10.2. The molecule has 0 aromatic carbocycles. The molecular weight excluding hydrogens is 190 g/mol. The van der Waals surface area contributed by atoms with Crippen LogP contribution in [0.3, 0.4) is 0 Å². The third-order valence-corrected chi connectivity index (χ3v) is 2.48. The molecule has 0 saturated carbocycles. The summed E-state index contributed by atoms with van der Waals surface area (Å²) in [7, 11) is 0. The zero-order valence-corrected chi connectivity index (χ0v) is 7.41. The zero-order valence-electron chi connectivity index (χ0n) is 6.60. The Morgan fingerprint density at radius 1 is 1.77 bits per heavy atom. The molecule has 0 saturated heterocycles. The van der Waals surface area contributed by atoms with Crippen LogP contribution in [0, 0.1) is 11.3 Å². The number of thiophene rings is 1. The first kappa shape index (κ1) is 9.71. The van der Waals surface area contributed by atoms with E-state index in [1.54, 1.807) is 5.38 Å². The first-order valence-electron chi connectivity index (χ1n) is 3.52. The van der Waals surface area contributed by atoms with Gasteiger partial charge in [0.25, 0.3) is 0 Å². The van der Waals surface area contributed by atoms with Gasteiger partial charge < -0.3 is 10.2 Å². The molecule has 0 bridgehead atoms. The van der Waals surface area contributed by atoms with E-state index in [4.69, 9.17) is 10.4 Å². The maximum absolute atomic E-state index is 10.2. The highest BCUT2D eigenvalue weighted by Crippen LogP contribution is 2.23. The molecule has 0 aliphatic heterocycles. The summed E-state index contributed by atoms with van der Waals surface area (Å²) >= 11 is 1.19. The van der Waals surface area contributed by atoms with Gasteiger partial charge in [-0.3, -0.25) is 4.79 Å². The van der Waals surface area contributed by atoms with E-state index < -0.39 is 12.1 Å². The van der Waals surface area contributed by atoms with Gasteiger partial charge in [-0.2, -0.15) is 5.26 Å². The lowest BCUT2D eigenvalue weighted by molar-refractivity contribution is -0.139. The van der Waals surface area contributed by atoms with Crippen LogP contribution in [0.25, 0.3) is 0 Å². The number of nitriles is 1. The molecule has 13 heavy (non-hydrogen) atoms. The van der Waals surface area contributed by atoms with Crippen molar-refractivity contribution in [3.05, 3.63) is 21.9 Å². The van der Waals surface area contributed by atoms with E-state index in [9.17, 15) is 9.90 Å². The third-order valence-electron chi connectivity index (χ3n) is 1.45. The maximum Gasteiger partial charge on any atom is 0.306 e. The van der Waals surface area contributed by atoms with E-state index >= 15 is 0 Å². The van der Waals surface area contributed by atoms with Crippen LogP contribution in [-0.2, 0) is 4.79 Å². The second kappa shape index (κ2) is 4.03. The molecule has 1 atom stereocenters. The Morgan fingerprint density at radius 3 is 2.92 bits per heavy atom. The van der Waals surface area contributed by atoms with E-state index in [2.05, 4.69) is 0 Å². The minimum Gasteiger partial charge on any atom is -0.481 e. The number of rotatable bonds is 3. The summed E-state index contributed by atoms with van der Waals surface area (Å²) in [5.74, 6) is -1.06. The monoisotopic (exact) mass is 197 g/mol. The highest BCUT2D eigenvalue weighted by Gasteiger charge is 2.13. The second-order valence-corrected chi connectivity index (χ2v) is 3.41. The van der Waals surface area contributed by atoms with Crippen LogP contribution in [0.5, 0.6) is 0 Å². The number of nitrogens with zero attached hydrogens (tertiary/aromatic N) is 1. The van der Waals surface area contributed by atoms with Crippen molar-refractivity contribution in [1.82, 2.24) is 0 Å². The average molecular weight is 197 g/mol. The summed E-state index contributed by atoms with van der Waals surface area (Å²) in [4.78, 5) is 10.8. The van der Waals surface area contributed by atoms with Gasteiger partial charge in [-0.1, -0.05) is 0 Å². The number of hydrogen-bond acceptors (Lipinski definition) is 4. The average Bonchev–Trinajstić information content (AvgIpc) is 2.50. The lowest BCUT2D eigenvalue weighted by Crippen LogP contribution is -2.03. The van der Waals surface area contributed by atoms with Crippen molar-refractivity contribution in [3.63, 3.8) is 0 Å². The number of hydrogen-bond donors (Lipinski definition) is 2. The van der Waals surface area contributed by atoms with Gasteiger partial charge in [0.2, 0.25) is 0 Å². The predicted molar refractivity (Wildman–Crippen MR) is 46.2 cm³/mol. The van der Waals surface area contributed by atoms with Crippen molar-refractivity contribution in [3.8, 4) is 6.07 Å². The zero-order chi connectivity index (χ0) is 9.84. The largest absolute Gasteiger partial charge is 0.481 e. The Hall–Kier alpha value is -1.38. The summed E-state index contributed by atoms with van der Waals surface area (Å²) < 4.78 is 0. The van der Waals surface area contributed by atoms with E-state index in [-0.39, 0.29) is 6.42 Å². The van der Waals surface area contributed by atoms with Gasteiger partial charge in [0, 0.05) is 10.3 Å². The molecule has 2 N–H and O–H groups in total. The van der Waals surface area contributed by atoms with Gasteiger partial charge in [0.05, 0.1) is 18.1 Å². The number of carboxylic acids is 1. The molecule has 0 aliphatic carbocycles. The van der Waals surface area contributed by atoms with Crippen LogP contribution in [0.2, 0.25) is 0 Å². The lowest BCUT2D eigenvalue weighted by Gasteiger charge is -2.02. The van der Waals surface area contributed by atoms with Gasteiger partial charge >= 0.3 is 5.97 Å². The highest BCUT2D eigenvalue weighted by molar-refractivity contribution is 7.10. The summed E-state index contributed by atoms with van der Waals surface area (Å²) in [5.41, 5.74) is 0.449. The van der Waals surface area contributed by atoms with Crippen molar-refractivity contribution in [1.29, 1.82) is 5.26 Å². The number of carboxylic acid groups (broad SMARTS) is 1. The quantitative estimate of drug-likeness (QED) is 0.761. The minimum atomic E-state index is -1.06. The minimum absolute atomic E-state index is 0.328. The van der Waals surface area contributed by atoms with E-state index in [1.165, 1.54) is 17.4 Å². The van der Waals surface area contributed by atoms with Crippen LogP contribution in [0.15, 0.2) is 11.4 Å². The molecule has 5 heteroatoms. The Balaban J connectivity index is 2.72. The molecule has 4 nitrogen and oxygen atoms in total. The fourth-order valence-corrected chi connectivity index (χ4v) is 1.67. The molecule has 1 rings (SSSR count). The molecule has 0 amide bonds. The molecule has 1 heterocycles. The molecule has 0 radical (unpaired) electrons. The molecular formula is C8H7NO3S. The van der Waals surface area contributed by atoms with Crippen molar-refractivity contribution in [2.75, 3.05) is 0 Å². The predicted octanol–water partition coefficient (Wildman–Crippen LogP) is 1.13. The van der Waals surface area contributed by atoms with Crippen molar-refractivity contribution >= 4 is 17.3 Å². The number of aliphatic hydroxyl groups is 1. The molecule has 0 spiro atoms. The standard InChI is InChI=1S/C8H7NO3S/c9-3-5-1-7(13-4-5)6(10)2-8(11)12/h1,4,6,10H,2H2,(H,11,12). The summed E-state index contributed by atoms with van der Waals surface area (Å²) in [5, 5.41) is 27.8. The fraction of sp³-hybridized carbons (Fsp3) is 0.250. The summed E-state index contributed by atoms with van der Waals surface area (Å²) in [6.45, 7) is 0. The van der Waals surface area contributed by atoms with E-state index in [0.717, 1.165) is 0 Å². The Bertz CT molecular complexity index is 353. The van der Waals surface area contributed by atoms with Crippen LogP contribution in [0.4, 0.5) is 0 Å². The van der Waals surface area contributed by atoms with Crippen molar-refractivity contribution in [2.45, 2.75) is 12.5 Å². The highest BCUT2D eigenvalue weighted by atomic mass is 32.1. The second-order valence-electron chi connectivity index (χ2n) is 2.46. The van der Waals surface area contributed by atoms with Gasteiger partial charge in [0.1, 0.15) is 6.07 Å². The molecule has 1 aromatic heterocycles. The first-order chi connectivity index (χ1) is 6.13. The number of aliphatic hydroxyl groups excluding tert-OH is 1. The molecule has 0 aliphatic rings. The maximum atomic E-state index is 10.2. The Morgan fingerprint density at radius 2 is 2.46 bits per heavy atom. The Kier molecular flexibility index (Phi) is 3.01. The van der Waals surface area contributed by atoms with Gasteiger partial charge in [-0.05, 0) is 6.07 Å². The molecule has 68 valence electrons. The molecule has 0 fully saturated rings. The van der Waals surface area contributed by atoms with Gasteiger partial charge in [0.15, 0.2) is 0 Å². The third kappa shape index (κ3) is 2.54. The van der Waals surface area contributed by atoms with Crippen molar-refractivity contribution in [2.24, 2.45) is 0 Å². The smallest absolute Gasteiger partial charge is 0.306 e.